The minimum Gasteiger partial charge on any atom is -0.469 e. The van der Waals surface area contributed by atoms with E-state index in [1.807, 2.05) is 30.3 Å². The number of rotatable bonds is 7. The van der Waals surface area contributed by atoms with Crippen molar-refractivity contribution in [2.24, 2.45) is 0 Å². The molecule has 0 aliphatic rings. The maximum absolute atomic E-state index is 11.9. The lowest BCUT2D eigenvalue weighted by Crippen LogP contribution is -2.44. The van der Waals surface area contributed by atoms with Crippen molar-refractivity contribution in [1.29, 1.82) is 0 Å². The van der Waals surface area contributed by atoms with Crippen LogP contribution < -0.4 is 10.6 Å². The average Bonchev–Trinajstić information content (AvgIpc) is 3.12. The van der Waals surface area contributed by atoms with Gasteiger partial charge in [0.2, 0.25) is 0 Å². The lowest BCUT2D eigenvalue weighted by molar-refractivity contribution is -0.154. The number of amides is 3. The van der Waals surface area contributed by atoms with Gasteiger partial charge in [0, 0.05) is 13.0 Å². The van der Waals surface area contributed by atoms with Gasteiger partial charge >= 0.3 is 12.0 Å². The third-order valence-electron chi connectivity index (χ3n) is 3.37. The first-order valence-electron chi connectivity index (χ1n) is 7.89. The first kappa shape index (κ1) is 18.3. The van der Waals surface area contributed by atoms with E-state index >= 15 is 0 Å². The van der Waals surface area contributed by atoms with E-state index in [1.165, 1.54) is 13.2 Å². The Morgan fingerprint density at radius 1 is 1.12 bits per heavy atom. The molecule has 1 aromatic carbocycles. The van der Waals surface area contributed by atoms with Gasteiger partial charge in [-0.2, -0.15) is 0 Å². The van der Waals surface area contributed by atoms with E-state index in [9.17, 15) is 14.4 Å². The van der Waals surface area contributed by atoms with Gasteiger partial charge in [-0.25, -0.2) is 4.79 Å². The Morgan fingerprint density at radius 2 is 1.88 bits per heavy atom. The molecule has 0 radical (unpaired) electrons. The molecule has 0 unspecified atom stereocenters. The van der Waals surface area contributed by atoms with Crippen LogP contribution in [0, 0.1) is 0 Å². The van der Waals surface area contributed by atoms with Crippen molar-refractivity contribution in [2.45, 2.75) is 32.4 Å². The first-order chi connectivity index (χ1) is 12.0. The van der Waals surface area contributed by atoms with E-state index in [0.29, 0.717) is 12.2 Å². The molecule has 7 heteroatoms. The quantitative estimate of drug-likeness (QED) is 0.750. The van der Waals surface area contributed by atoms with Crippen LogP contribution in [0.25, 0.3) is 0 Å². The second-order valence-corrected chi connectivity index (χ2v) is 5.37. The van der Waals surface area contributed by atoms with Crippen LogP contribution in [-0.2, 0) is 27.3 Å². The van der Waals surface area contributed by atoms with Crippen LogP contribution in [0.4, 0.5) is 4.79 Å². The molecular formula is C18H20N2O5. The Bertz CT molecular complexity index is 698. The van der Waals surface area contributed by atoms with E-state index in [-0.39, 0.29) is 13.0 Å². The second kappa shape index (κ2) is 9.27. The van der Waals surface area contributed by atoms with E-state index in [1.54, 1.807) is 12.1 Å². The van der Waals surface area contributed by atoms with Crippen LogP contribution in [-0.4, -0.2) is 24.0 Å². The van der Waals surface area contributed by atoms with Crippen molar-refractivity contribution in [3.8, 4) is 0 Å². The molecule has 0 bridgehead atoms. The predicted molar refractivity (Wildman–Crippen MR) is 89.4 cm³/mol. The van der Waals surface area contributed by atoms with Crippen molar-refractivity contribution >= 4 is 17.9 Å². The highest BCUT2D eigenvalue weighted by Gasteiger charge is 2.19. The maximum atomic E-state index is 11.9. The van der Waals surface area contributed by atoms with Gasteiger partial charge < -0.3 is 14.5 Å². The fraction of sp³-hybridized carbons (Fsp3) is 0.278. The molecule has 25 heavy (non-hydrogen) atoms. The fourth-order valence-corrected chi connectivity index (χ4v) is 2.03. The van der Waals surface area contributed by atoms with E-state index in [4.69, 9.17) is 9.15 Å². The molecule has 1 atom stereocenters. The monoisotopic (exact) mass is 344 g/mol. The normalized spacial score (nSPS) is 11.4. The van der Waals surface area contributed by atoms with Gasteiger partial charge in [-0.1, -0.05) is 30.3 Å². The lowest BCUT2D eigenvalue weighted by atomic mass is 10.2. The molecule has 0 saturated heterocycles. The number of benzene rings is 1. The Hall–Kier alpha value is -3.09. The zero-order valence-corrected chi connectivity index (χ0v) is 13.9. The van der Waals surface area contributed by atoms with Crippen LogP contribution in [0.2, 0.25) is 0 Å². The number of ether oxygens (including phenoxy) is 1. The van der Waals surface area contributed by atoms with Crippen LogP contribution in [0.15, 0.2) is 53.1 Å². The minimum absolute atomic E-state index is 0.0886. The number of imide groups is 1. The predicted octanol–water partition coefficient (Wildman–Crippen LogP) is 2.17. The number of carbonyl (C=O) groups excluding carboxylic acids is 3. The molecule has 1 heterocycles. The molecule has 0 aliphatic carbocycles. The summed E-state index contributed by atoms with van der Waals surface area (Å²) in [6.07, 6.45) is 0.931. The number of furan rings is 1. The van der Waals surface area contributed by atoms with Gasteiger partial charge in [0.25, 0.3) is 5.91 Å². The van der Waals surface area contributed by atoms with Crippen molar-refractivity contribution in [3.63, 3.8) is 0 Å². The zero-order valence-electron chi connectivity index (χ0n) is 13.9. The summed E-state index contributed by atoms with van der Waals surface area (Å²) in [5, 5.41) is 4.70. The largest absolute Gasteiger partial charge is 0.469 e. The lowest BCUT2D eigenvalue weighted by Gasteiger charge is -2.13. The fourth-order valence-electron chi connectivity index (χ4n) is 2.03. The molecule has 132 valence electrons. The summed E-state index contributed by atoms with van der Waals surface area (Å²) in [6.45, 7) is 1.70. The number of carbonyl (C=O) groups is 3. The topological polar surface area (TPSA) is 97.6 Å². The van der Waals surface area contributed by atoms with Crippen molar-refractivity contribution in [3.05, 3.63) is 60.1 Å². The van der Waals surface area contributed by atoms with Gasteiger partial charge in [0.15, 0.2) is 6.10 Å². The van der Waals surface area contributed by atoms with E-state index < -0.39 is 24.0 Å². The maximum Gasteiger partial charge on any atom is 0.321 e. The highest BCUT2D eigenvalue weighted by Crippen LogP contribution is 2.05. The molecule has 2 N–H and O–H groups in total. The molecule has 7 nitrogen and oxygen atoms in total. The summed E-state index contributed by atoms with van der Waals surface area (Å²) in [5.74, 6) is -0.560. The van der Waals surface area contributed by atoms with Crippen LogP contribution >= 0.6 is 0 Å². The molecule has 2 rings (SSSR count). The minimum atomic E-state index is -1.06. The van der Waals surface area contributed by atoms with Crippen LogP contribution in [0.3, 0.4) is 0 Å². The summed E-state index contributed by atoms with van der Waals surface area (Å²) in [4.78, 5) is 35.3. The number of urea groups is 1. The molecule has 0 fully saturated rings. The van der Waals surface area contributed by atoms with E-state index in [2.05, 4.69) is 10.6 Å². The van der Waals surface area contributed by atoms with Crippen LogP contribution in [0.5, 0.6) is 0 Å². The van der Waals surface area contributed by atoms with Crippen LogP contribution in [0.1, 0.15) is 24.7 Å². The second-order valence-electron chi connectivity index (χ2n) is 5.37. The molecule has 0 spiro atoms. The third kappa shape index (κ3) is 6.50. The summed E-state index contributed by atoms with van der Waals surface area (Å²) in [6, 6.07) is 12.1. The summed E-state index contributed by atoms with van der Waals surface area (Å²) in [5.41, 5.74) is 0.905. The van der Waals surface area contributed by atoms with Gasteiger partial charge in [0.1, 0.15) is 5.76 Å². The van der Waals surface area contributed by atoms with Gasteiger partial charge in [-0.15, -0.1) is 0 Å². The Kier molecular flexibility index (Phi) is 6.76. The number of nitrogens with one attached hydrogen (secondary N) is 2. The number of hydrogen-bond acceptors (Lipinski definition) is 5. The highest BCUT2D eigenvalue weighted by atomic mass is 16.5. The SMILES string of the molecule is C[C@@H](OC(=O)CCc1ccco1)C(=O)NC(=O)NCc1ccccc1. The average molecular weight is 344 g/mol. The Balaban J connectivity index is 1.68. The summed E-state index contributed by atoms with van der Waals surface area (Å²) < 4.78 is 10.1. The molecule has 0 saturated carbocycles. The summed E-state index contributed by atoms with van der Waals surface area (Å²) in [7, 11) is 0. The summed E-state index contributed by atoms with van der Waals surface area (Å²) >= 11 is 0. The van der Waals surface area contributed by atoms with Gasteiger partial charge in [-0.3, -0.25) is 14.9 Å². The number of hydrogen-bond donors (Lipinski definition) is 2. The van der Waals surface area contributed by atoms with Crippen molar-refractivity contribution in [2.75, 3.05) is 0 Å². The molecule has 3 amide bonds. The Labute approximate surface area is 145 Å². The molecule has 1 aromatic heterocycles. The third-order valence-corrected chi connectivity index (χ3v) is 3.37. The molecule has 0 aliphatic heterocycles. The molecular weight excluding hydrogens is 324 g/mol. The highest BCUT2D eigenvalue weighted by molar-refractivity contribution is 5.97. The van der Waals surface area contributed by atoms with Gasteiger partial charge in [-0.05, 0) is 24.6 Å². The Morgan fingerprint density at radius 3 is 2.56 bits per heavy atom. The van der Waals surface area contributed by atoms with Crippen molar-refractivity contribution in [1.82, 2.24) is 10.6 Å². The van der Waals surface area contributed by atoms with E-state index in [0.717, 1.165) is 5.56 Å². The van der Waals surface area contributed by atoms with Gasteiger partial charge in [0.05, 0.1) is 12.7 Å². The first-order valence-corrected chi connectivity index (χ1v) is 7.89. The number of aryl methyl sites for hydroxylation is 1. The smallest absolute Gasteiger partial charge is 0.321 e. The zero-order chi connectivity index (χ0) is 18.1. The number of esters is 1. The molecule has 2 aromatic rings. The van der Waals surface area contributed by atoms with Crippen molar-refractivity contribution < 1.29 is 23.5 Å². The standard InChI is InChI=1S/C18H20N2O5/c1-13(25-16(21)10-9-15-8-5-11-24-15)17(22)20-18(23)19-12-14-6-3-2-4-7-14/h2-8,11,13H,9-10,12H2,1H3,(H2,19,20,22,23)/t13-/m1/s1.